The molecule has 2 aromatic carbocycles. The van der Waals surface area contributed by atoms with E-state index in [1.54, 1.807) is 0 Å². The van der Waals surface area contributed by atoms with Crippen LogP contribution in [-0.4, -0.2) is 21.0 Å². The number of rotatable bonds is 5. The molecule has 0 unspecified atom stereocenters. The van der Waals surface area contributed by atoms with Gasteiger partial charge in [0.25, 0.3) is 5.69 Å². The summed E-state index contributed by atoms with van der Waals surface area (Å²) < 4.78 is 0. The van der Waals surface area contributed by atoms with E-state index in [-0.39, 0.29) is 11.4 Å². The van der Waals surface area contributed by atoms with E-state index in [0.717, 1.165) is 23.0 Å². The van der Waals surface area contributed by atoms with E-state index in [1.165, 1.54) is 12.3 Å². The fourth-order valence-corrected chi connectivity index (χ4v) is 2.55. The molecule has 9 nitrogen and oxygen atoms in total. The van der Waals surface area contributed by atoms with Gasteiger partial charge in [-0.15, -0.1) is 0 Å². The second-order valence-electron chi connectivity index (χ2n) is 4.98. The van der Waals surface area contributed by atoms with Crippen LogP contribution in [-0.2, 0) is 0 Å². The van der Waals surface area contributed by atoms with Crippen LogP contribution in [0, 0.1) is 20.2 Å². The molecule has 0 bridgehead atoms. The van der Waals surface area contributed by atoms with E-state index < -0.39 is 15.5 Å². The molecule has 0 aliphatic carbocycles. The number of hydrogen-bond donors (Lipinski definition) is 2. The number of hydrazone groups is 1. The van der Waals surface area contributed by atoms with Gasteiger partial charge in [0.2, 0.25) is 0 Å². The number of para-hydroxylation sites is 1. The topological polar surface area (TPSA) is 126 Å². The summed E-state index contributed by atoms with van der Waals surface area (Å²) in [6.07, 6.45) is 1.42. The zero-order valence-electron chi connectivity index (χ0n) is 12.5. The molecule has 0 saturated carbocycles. The minimum Gasteiger partial charge on any atom is -0.345 e. The number of nitro groups is 2. The van der Waals surface area contributed by atoms with Crippen LogP contribution in [0.15, 0.2) is 47.6 Å². The molecule has 1 aromatic heterocycles. The lowest BCUT2D eigenvalue weighted by atomic mass is 10.2. The van der Waals surface area contributed by atoms with E-state index in [4.69, 9.17) is 11.6 Å². The first-order valence-electron chi connectivity index (χ1n) is 6.95. The van der Waals surface area contributed by atoms with Crippen LogP contribution in [0.3, 0.4) is 0 Å². The van der Waals surface area contributed by atoms with Crippen LogP contribution in [0.2, 0.25) is 5.15 Å². The van der Waals surface area contributed by atoms with Gasteiger partial charge in [0, 0.05) is 22.5 Å². The van der Waals surface area contributed by atoms with Crippen LogP contribution in [0.5, 0.6) is 0 Å². The highest BCUT2D eigenvalue weighted by atomic mass is 35.5. The second-order valence-corrected chi connectivity index (χ2v) is 5.36. The molecule has 25 heavy (non-hydrogen) atoms. The standard InChI is InChI=1S/C15H10ClN5O4/c16-15-11(10-3-1-2-4-12(10)18-15)8-17-19-13-6-5-9(20(22)23)7-14(13)21(24)25/h1-8,18-19H/b17-8-. The average molecular weight is 360 g/mol. The number of hydrogen-bond acceptors (Lipinski definition) is 6. The van der Waals surface area contributed by atoms with E-state index in [0.29, 0.717) is 10.7 Å². The summed E-state index contributed by atoms with van der Waals surface area (Å²) in [7, 11) is 0. The summed E-state index contributed by atoms with van der Waals surface area (Å²) in [5, 5.41) is 27.0. The zero-order chi connectivity index (χ0) is 18.0. The Hall–Kier alpha value is -3.46. The minimum atomic E-state index is -0.719. The Morgan fingerprint density at radius 1 is 1.12 bits per heavy atom. The summed E-state index contributed by atoms with van der Waals surface area (Å²) in [4.78, 5) is 23.4. The van der Waals surface area contributed by atoms with E-state index in [9.17, 15) is 20.2 Å². The lowest BCUT2D eigenvalue weighted by Crippen LogP contribution is -1.98. The largest absolute Gasteiger partial charge is 0.345 e. The van der Waals surface area contributed by atoms with Crippen molar-refractivity contribution in [3.8, 4) is 0 Å². The van der Waals surface area contributed by atoms with Gasteiger partial charge in [-0.1, -0.05) is 29.8 Å². The number of nitro benzene ring substituents is 2. The Bertz CT molecular complexity index is 1010. The molecular formula is C15H10ClN5O4. The third-order valence-electron chi connectivity index (χ3n) is 3.47. The van der Waals surface area contributed by atoms with Crippen molar-refractivity contribution in [3.63, 3.8) is 0 Å². The molecule has 0 aliphatic rings. The first-order chi connectivity index (χ1) is 12.0. The summed E-state index contributed by atoms with van der Waals surface area (Å²) in [6.45, 7) is 0. The minimum absolute atomic E-state index is 0.0304. The van der Waals surface area contributed by atoms with Gasteiger partial charge < -0.3 is 4.98 Å². The number of H-pyrrole nitrogens is 1. The second kappa shape index (κ2) is 6.57. The number of anilines is 1. The number of benzene rings is 2. The first-order valence-corrected chi connectivity index (χ1v) is 7.33. The average Bonchev–Trinajstić information content (AvgIpc) is 2.90. The Labute approximate surface area is 145 Å². The highest BCUT2D eigenvalue weighted by Gasteiger charge is 2.19. The highest BCUT2D eigenvalue weighted by Crippen LogP contribution is 2.29. The van der Waals surface area contributed by atoms with Crippen molar-refractivity contribution in [3.05, 3.63) is 73.4 Å². The Kier molecular flexibility index (Phi) is 4.31. The Morgan fingerprint density at radius 3 is 2.60 bits per heavy atom. The molecule has 2 N–H and O–H groups in total. The number of aromatic amines is 1. The number of non-ortho nitro benzene ring substituents is 1. The number of nitrogens with one attached hydrogen (secondary N) is 2. The molecule has 3 rings (SSSR count). The van der Waals surface area contributed by atoms with Crippen molar-refractivity contribution in [2.24, 2.45) is 5.10 Å². The van der Waals surface area contributed by atoms with Crippen LogP contribution < -0.4 is 5.43 Å². The van der Waals surface area contributed by atoms with Gasteiger partial charge >= 0.3 is 5.69 Å². The summed E-state index contributed by atoms with van der Waals surface area (Å²) >= 11 is 6.13. The third kappa shape index (κ3) is 3.26. The van der Waals surface area contributed by atoms with E-state index >= 15 is 0 Å². The van der Waals surface area contributed by atoms with Crippen molar-refractivity contribution < 1.29 is 9.85 Å². The molecular weight excluding hydrogens is 350 g/mol. The SMILES string of the molecule is O=[N+]([O-])c1ccc(N/N=C\c2c(Cl)[nH]c3ccccc23)c([N+](=O)[O-])c1. The number of aromatic nitrogens is 1. The smallest absolute Gasteiger partial charge is 0.301 e. The number of halogens is 1. The third-order valence-corrected chi connectivity index (χ3v) is 3.76. The zero-order valence-corrected chi connectivity index (χ0v) is 13.2. The van der Waals surface area contributed by atoms with Crippen molar-refractivity contribution in [1.82, 2.24) is 4.98 Å². The number of nitrogens with zero attached hydrogens (tertiary/aromatic N) is 3. The lowest BCUT2D eigenvalue weighted by Gasteiger charge is -2.01. The van der Waals surface area contributed by atoms with Gasteiger partial charge in [-0.3, -0.25) is 25.7 Å². The summed E-state index contributed by atoms with van der Waals surface area (Å²) in [5.41, 5.74) is 3.18. The van der Waals surface area contributed by atoms with Crippen LogP contribution >= 0.6 is 11.6 Å². The van der Waals surface area contributed by atoms with Gasteiger partial charge in [-0.05, 0) is 12.1 Å². The Balaban J connectivity index is 1.90. The summed E-state index contributed by atoms with van der Waals surface area (Å²) in [6, 6.07) is 10.7. The van der Waals surface area contributed by atoms with Gasteiger partial charge in [-0.2, -0.15) is 5.10 Å². The number of fused-ring (bicyclic) bond motifs is 1. The monoisotopic (exact) mass is 359 g/mol. The Morgan fingerprint density at radius 2 is 1.88 bits per heavy atom. The highest BCUT2D eigenvalue weighted by molar-refractivity contribution is 6.34. The molecule has 0 spiro atoms. The van der Waals surface area contributed by atoms with Gasteiger partial charge in [0.15, 0.2) is 0 Å². The van der Waals surface area contributed by atoms with E-state index in [1.807, 2.05) is 24.3 Å². The van der Waals surface area contributed by atoms with Crippen LogP contribution in [0.25, 0.3) is 10.9 Å². The predicted molar refractivity (Wildman–Crippen MR) is 94.3 cm³/mol. The van der Waals surface area contributed by atoms with Crippen molar-refractivity contribution in [2.75, 3.05) is 5.43 Å². The normalized spacial score (nSPS) is 11.1. The molecule has 1 heterocycles. The van der Waals surface area contributed by atoms with Crippen molar-refractivity contribution >= 4 is 45.8 Å². The van der Waals surface area contributed by atoms with Crippen LogP contribution in [0.4, 0.5) is 17.1 Å². The molecule has 10 heteroatoms. The molecule has 0 fully saturated rings. The molecule has 0 saturated heterocycles. The maximum Gasteiger partial charge on any atom is 0.301 e. The molecule has 0 radical (unpaired) electrons. The van der Waals surface area contributed by atoms with Gasteiger partial charge in [0.1, 0.15) is 10.8 Å². The van der Waals surface area contributed by atoms with Gasteiger partial charge in [0.05, 0.1) is 22.1 Å². The summed E-state index contributed by atoms with van der Waals surface area (Å²) in [5.74, 6) is 0. The fraction of sp³-hybridized carbons (Fsp3) is 0. The van der Waals surface area contributed by atoms with Crippen molar-refractivity contribution in [1.29, 1.82) is 0 Å². The van der Waals surface area contributed by atoms with Crippen molar-refractivity contribution in [2.45, 2.75) is 0 Å². The fourth-order valence-electron chi connectivity index (χ4n) is 2.30. The molecule has 0 atom stereocenters. The predicted octanol–water partition coefficient (Wildman–Crippen LogP) is 4.08. The maximum absolute atomic E-state index is 11.1. The van der Waals surface area contributed by atoms with Gasteiger partial charge in [-0.25, -0.2) is 0 Å². The molecule has 0 amide bonds. The quantitative estimate of drug-likeness (QED) is 0.403. The van der Waals surface area contributed by atoms with Crippen LogP contribution in [0.1, 0.15) is 5.56 Å². The molecule has 3 aromatic rings. The van der Waals surface area contributed by atoms with E-state index in [2.05, 4.69) is 15.5 Å². The molecule has 0 aliphatic heterocycles. The lowest BCUT2D eigenvalue weighted by molar-refractivity contribution is -0.393. The molecule has 126 valence electrons. The first kappa shape index (κ1) is 16.4. The maximum atomic E-state index is 11.1.